The molecular formula is C16H15FN2O2. The monoisotopic (exact) mass is 286 g/mol. The third kappa shape index (κ3) is 4.42. The van der Waals surface area contributed by atoms with E-state index in [9.17, 15) is 14.3 Å². The third-order valence-electron chi connectivity index (χ3n) is 2.82. The highest BCUT2D eigenvalue weighted by molar-refractivity contribution is 5.83. The molecule has 2 aromatic carbocycles. The first-order valence-electron chi connectivity index (χ1n) is 6.40. The molecule has 1 amide bonds. The smallest absolute Gasteiger partial charge is 0.244 e. The second-order valence-electron chi connectivity index (χ2n) is 4.66. The summed E-state index contributed by atoms with van der Waals surface area (Å²) in [5, 5.41) is 13.0. The highest BCUT2D eigenvalue weighted by Crippen LogP contribution is 2.11. The molecule has 0 saturated carbocycles. The van der Waals surface area contributed by atoms with Gasteiger partial charge >= 0.3 is 0 Å². The quantitative estimate of drug-likeness (QED) is 0.670. The van der Waals surface area contributed by atoms with Gasteiger partial charge in [0.1, 0.15) is 11.6 Å². The number of benzene rings is 2. The van der Waals surface area contributed by atoms with E-state index in [4.69, 9.17) is 0 Å². The van der Waals surface area contributed by atoms with Gasteiger partial charge in [-0.05, 0) is 36.8 Å². The zero-order valence-electron chi connectivity index (χ0n) is 11.5. The van der Waals surface area contributed by atoms with Crippen molar-refractivity contribution in [1.82, 2.24) is 5.43 Å². The molecule has 0 spiro atoms. The highest BCUT2D eigenvalue weighted by atomic mass is 19.1. The Morgan fingerprint density at radius 1 is 1.33 bits per heavy atom. The van der Waals surface area contributed by atoms with Gasteiger partial charge in [-0.2, -0.15) is 5.10 Å². The molecule has 0 saturated heterocycles. The molecule has 108 valence electrons. The van der Waals surface area contributed by atoms with E-state index in [1.165, 1.54) is 24.4 Å². The summed E-state index contributed by atoms with van der Waals surface area (Å²) in [6.07, 6.45) is 1.35. The molecule has 2 aromatic rings. The van der Waals surface area contributed by atoms with Gasteiger partial charge in [0.15, 0.2) is 0 Å². The Morgan fingerprint density at radius 2 is 2.14 bits per heavy atom. The molecule has 5 heteroatoms. The number of amides is 1. The predicted molar refractivity (Wildman–Crippen MR) is 78.7 cm³/mol. The van der Waals surface area contributed by atoms with Gasteiger partial charge in [-0.1, -0.05) is 23.8 Å². The van der Waals surface area contributed by atoms with Gasteiger partial charge in [0.05, 0.1) is 12.6 Å². The number of hydrogen-bond donors (Lipinski definition) is 2. The molecule has 0 radical (unpaired) electrons. The van der Waals surface area contributed by atoms with Gasteiger partial charge in [-0.25, -0.2) is 9.82 Å². The Morgan fingerprint density at radius 3 is 2.90 bits per heavy atom. The second kappa shape index (κ2) is 6.65. The van der Waals surface area contributed by atoms with E-state index in [0.29, 0.717) is 11.1 Å². The Labute approximate surface area is 121 Å². The van der Waals surface area contributed by atoms with Crippen LogP contribution in [0.15, 0.2) is 47.6 Å². The lowest BCUT2D eigenvalue weighted by molar-refractivity contribution is -0.120. The molecular weight excluding hydrogens is 271 g/mol. The molecule has 0 unspecified atom stereocenters. The van der Waals surface area contributed by atoms with E-state index < -0.39 is 5.82 Å². The number of nitrogens with one attached hydrogen (secondary N) is 1. The number of rotatable bonds is 4. The van der Waals surface area contributed by atoms with Crippen LogP contribution in [0.2, 0.25) is 0 Å². The Balaban J connectivity index is 1.94. The summed E-state index contributed by atoms with van der Waals surface area (Å²) in [5.74, 6) is -0.637. The number of carbonyl (C=O) groups excluding carboxylic acids is 1. The van der Waals surface area contributed by atoms with E-state index in [1.54, 1.807) is 24.3 Å². The van der Waals surface area contributed by atoms with Crippen LogP contribution in [-0.2, 0) is 11.2 Å². The number of hydrogen-bond acceptors (Lipinski definition) is 3. The number of aryl methyl sites for hydroxylation is 1. The maximum absolute atomic E-state index is 13.5. The standard InChI is InChI=1S/C16H15FN2O2/c1-11-5-6-15(17)13(7-11)10-18-19-16(21)9-12-3-2-4-14(20)8-12/h2-8,10,20H,9H2,1H3,(H,19,21)/b18-10-. The molecule has 2 rings (SSSR count). The molecule has 0 atom stereocenters. The lowest BCUT2D eigenvalue weighted by Gasteiger charge is -2.02. The largest absolute Gasteiger partial charge is 0.508 e. The van der Waals surface area contributed by atoms with Crippen LogP contribution in [0.4, 0.5) is 4.39 Å². The van der Waals surface area contributed by atoms with Gasteiger partial charge in [-0.3, -0.25) is 4.79 Å². The molecule has 0 heterocycles. The molecule has 0 aliphatic carbocycles. The molecule has 0 bridgehead atoms. The molecule has 21 heavy (non-hydrogen) atoms. The molecule has 4 nitrogen and oxygen atoms in total. The molecule has 0 aliphatic heterocycles. The number of carbonyl (C=O) groups is 1. The van der Waals surface area contributed by atoms with E-state index in [0.717, 1.165) is 5.56 Å². The first kappa shape index (κ1) is 14.7. The zero-order chi connectivity index (χ0) is 15.2. The highest BCUT2D eigenvalue weighted by Gasteiger charge is 2.03. The molecule has 0 aliphatic rings. The number of nitrogens with zero attached hydrogens (tertiary/aromatic N) is 1. The molecule has 2 N–H and O–H groups in total. The fourth-order valence-corrected chi connectivity index (χ4v) is 1.83. The number of hydrazone groups is 1. The summed E-state index contributed by atoms with van der Waals surface area (Å²) < 4.78 is 13.5. The van der Waals surface area contributed by atoms with Crippen LogP contribution in [0, 0.1) is 12.7 Å². The van der Waals surface area contributed by atoms with E-state index in [2.05, 4.69) is 10.5 Å². The van der Waals surface area contributed by atoms with Crippen LogP contribution in [0.25, 0.3) is 0 Å². The van der Waals surface area contributed by atoms with Gasteiger partial charge < -0.3 is 5.11 Å². The van der Waals surface area contributed by atoms with Gasteiger partial charge in [0.25, 0.3) is 0 Å². The Hall–Kier alpha value is -2.69. The van der Waals surface area contributed by atoms with E-state index >= 15 is 0 Å². The topological polar surface area (TPSA) is 61.7 Å². The maximum atomic E-state index is 13.5. The van der Waals surface area contributed by atoms with Gasteiger partial charge in [0.2, 0.25) is 5.91 Å². The molecule has 0 fully saturated rings. The molecule has 0 aromatic heterocycles. The van der Waals surface area contributed by atoms with Crippen molar-refractivity contribution < 1.29 is 14.3 Å². The van der Waals surface area contributed by atoms with Crippen LogP contribution < -0.4 is 5.43 Å². The first-order chi connectivity index (χ1) is 10.0. The van der Waals surface area contributed by atoms with E-state index in [-0.39, 0.29) is 18.1 Å². The normalized spacial score (nSPS) is 10.8. The summed E-state index contributed by atoms with van der Waals surface area (Å²) in [4.78, 5) is 11.7. The van der Waals surface area contributed by atoms with Crippen LogP contribution in [0.1, 0.15) is 16.7 Å². The summed E-state index contributed by atoms with van der Waals surface area (Å²) in [7, 11) is 0. The van der Waals surface area contributed by atoms with Crippen LogP contribution >= 0.6 is 0 Å². The van der Waals surface area contributed by atoms with Crippen molar-refractivity contribution in [2.45, 2.75) is 13.3 Å². The van der Waals surface area contributed by atoms with Gasteiger partial charge in [-0.15, -0.1) is 0 Å². The summed E-state index contributed by atoms with van der Waals surface area (Å²) >= 11 is 0. The minimum atomic E-state index is -0.397. The summed E-state index contributed by atoms with van der Waals surface area (Å²) in [5.41, 5.74) is 4.22. The number of aromatic hydroxyl groups is 1. The summed E-state index contributed by atoms with van der Waals surface area (Å²) in [6, 6.07) is 11.1. The summed E-state index contributed by atoms with van der Waals surface area (Å²) in [6.45, 7) is 1.84. The number of halogens is 1. The van der Waals surface area contributed by atoms with Crippen LogP contribution in [0.3, 0.4) is 0 Å². The van der Waals surface area contributed by atoms with Crippen molar-refractivity contribution in [3.8, 4) is 5.75 Å². The lowest BCUT2D eigenvalue weighted by Crippen LogP contribution is -2.19. The minimum absolute atomic E-state index is 0.0854. The Kier molecular flexibility index (Phi) is 4.66. The van der Waals surface area contributed by atoms with Crippen molar-refractivity contribution in [3.05, 3.63) is 65.0 Å². The van der Waals surface area contributed by atoms with Crippen LogP contribution in [-0.4, -0.2) is 17.2 Å². The average Bonchev–Trinajstić information content (AvgIpc) is 2.42. The number of phenolic OH excluding ortho intramolecular Hbond substituents is 1. The first-order valence-corrected chi connectivity index (χ1v) is 6.40. The van der Waals surface area contributed by atoms with Crippen molar-refractivity contribution in [2.75, 3.05) is 0 Å². The van der Waals surface area contributed by atoms with Crippen molar-refractivity contribution in [3.63, 3.8) is 0 Å². The zero-order valence-corrected chi connectivity index (χ0v) is 11.5. The van der Waals surface area contributed by atoms with Crippen molar-refractivity contribution in [2.24, 2.45) is 5.10 Å². The van der Waals surface area contributed by atoms with Crippen LogP contribution in [0.5, 0.6) is 5.75 Å². The average molecular weight is 286 g/mol. The minimum Gasteiger partial charge on any atom is -0.508 e. The van der Waals surface area contributed by atoms with Gasteiger partial charge in [0, 0.05) is 5.56 Å². The maximum Gasteiger partial charge on any atom is 0.244 e. The Bertz CT molecular complexity index is 684. The third-order valence-corrected chi connectivity index (χ3v) is 2.82. The fourth-order valence-electron chi connectivity index (χ4n) is 1.83. The fraction of sp³-hybridized carbons (Fsp3) is 0.125. The second-order valence-corrected chi connectivity index (χ2v) is 4.66. The van der Waals surface area contributed by atoms with Crippen molar-refractivity contribution >= 4 is 12.1 Å². The predicted octanol–water partition coefficient (Wildman–Crippen LogP) is 2.53. The SMILES string of the molecule is Cc1ccc(F)c(/C=N\NC(=O)Cc2cccc(O)c2)c1. The van der Waals surface area contributed by atoms with Crippen molar-refractivity contribution in [1.29, 1.82) is 0 Å². The number of phenols is 1. The van der Waals surface area contributed by atoms with E-state index in [1.807, 2.05) is 6.92 Å². The lowest BCUT2D eigenvalue weighted by atomic mass is 10.1.